The molecular formula is C22H30N2O3. The summed E-state index contributed by atoms with van der Waals surface area (Å²) in [6.07, 6.45) is 2.11. The second kappa shape index (κ2) is 8.89. The van der Waals surface area contributed by atoms with Gasteiger partial charge >= 0.3 is 5.97 Å². The van der Waals surface area contributed by atoms with Gasteiger partial charge in [0.15, 0.2) is 0 Å². The Hall–Kier alpha value is -2.56. The van der Waals surface area contributed by atoms with E-state index in [9.17, 15) is 4.79 Å². The minimum absolute atomic E-state index is 0.353. The van der Waals surface area contributed by atoms with Crippen molar-refractivity contribution in [3.05, 3.63) is 46.1 Å². The highest BCUT2D eigenvalue weighted by molar-refractivity contribution is 5.90. The second-order valence-electron chi connectivity index (χ2n) is 6.93. The summed E-state index contributed by atoms with van der Waals surface area (Å²) in [5.74, 6) is 0.951. The lowest BCUT2D eigenvalue weighted by Crippen LogP contribution is -2.18. The SMILES string of the molecule is CCC(CC)Nc1cc(C)nc(Oc2c(C)cc(C(=O)OC)cc2C)c1C. The number of carbonyl (C=O) groups is 1. The Balaban J connectivity index is 2.40. The van der Waals surface area contributed by atoms with Gasteiger partial charge in [-0.05, 0) is 69.9 Å². The number of esters is 1. The van der Waals surface area contributed by atoms with Gasteiger partial charge in [0, 0.05) is 23.0 Å². The molecule has 27 heavy (non-hydrogen) atoms. The van der Waals surface area contributed by atoms with E-state index >= 15 is 0 Å². The molecule has 1 heterocycles. The predicted octanol–water partition coefficient (Wildman–Crippen LogP) is 5.49. The number of rotatable bonds is 7. The van der Waals surface area contributed by atoms with Gasteiger partial charge in [-0.1, -0.05) is 13.8 Å². The summed E-state index contributed by atoms with van der Waals surface area (Å²) in [5, 5.41) is 3.59. The number of benzene rings is 1. The molecule has 1 aromatic carbocycles. The Morgan fingerprint density at radius 1 is 1.07 bits per heavy atom. The zero-order chi connectivity index (χ0) is 20.1. The van der Waals surface area contributed by atoms with Crippen molar-refractivity contribution in [3.8, 4) is 11.6 Å². The standard InChI is InChI=1S/C22H30N2O3/c1-8-18(9-2)24-19-12-15(5)23-21(16(19)6)27-20-13(3)10-17(11-14(20)4)22(25)26-7/h10-12,18H,8-9H2,1-7H3,(H,23,24). The fourth-order valence-electron chi connectivity index (χ4n) is 3.11. The van der Waals surface area contributed by atoms with Gasteiger partial charge in [0.05, 0.1) is 12.7 Å². The van der Waals surface area contributed by atoms with Crippen LogP contribution in [0.1, 0.15) is 59.4 Å². The average molecular weight is 370 g/mol. The van der Waals surface area contributed by atoms with Crippen molar-refractivity contribution in [2.24, 2.45) is 0 Å². The molecule has 1 aromatic heterocycles. The zero-order valence-electron chi connectivity index (χ0n) is 17.4. The van der Waals surface area contributed by atoms with E-state index in [1.165, 1.54) is 7.11 Å². The number of nitrogens with zero attached hydrogens (tertiary/aromatic N) is 1. The quantitative estimate of drug-likeness (QED) is 0.653. The van der Waals surface area contributed by atoms with Crippen LogP contribution in [0.3, 0.4) is 0 Å². The van der Waals surface area contributed by atoms with Crippen molar-refractivity contribution in [2.45, 2.75) is 60.4 Å². The molecule has 0 unspecified atom stereocenters. The van der Waals surface area contributed by atoms with Crippen LogP contribution in [-0.2, 0) is 4.74 Å². The molecule has 2 aromatic rings. The third-order valence-corrected chi connectivity index (χ3v) is 4.78. The lowest BCUT2D eigenvalue weighted by atomic mass is 10.1. The molecule has 0 saturated carbocycles. The average Bonchev–Trinajstić information content (AvgIpc) is 2.64. The monoisotopic (exact) mass is 370 g/mol. The number of aryl methyl sites for hydroxylation is 3. The smallest absolute Gasteiger partial charge is 0.337 e. The topological polar surface area (TPSA) is 60.5 Å². The zero-order valence-corrected chi connectivity index (χ0v) is 17.4. The molecule has 0 radical (unpaired) electrons. The van der Waals surface area contributed by atoms with Gasteiger partial charge < -0.3 is 14.8 Å². The van der Waals surface area contributed by atoms with Crippen molar-refractivity contribution in [2.75, 3.05) is 12.4 Å². The highest BCUT2D eigenvalue weighted by atomic mass is 16.5. The van der Waals surface area contributed by atoms with Crippen LogP contribution in [-0.4, -0.2) is 24.1 Å². The Kier molecular flexibility index (Phi) is 6.83. The van der Waals surface area contributed by atoms with Crippen LogP contribution in [0.25, 0.3) is 0 Å². The summed E-state index contributed by atoms with van der Waals surface area (Å²) >= 11 is 0. The molecule has 1 N–H and O–H groups in total. The lowest BCUT2D eigenvalue weighted by molar-refractivity contribution is 0.0600. The molecule has 0 amide bonds. The summed E-state index contributed by atoms with van der Waals surface area (Å²) < 4.78 is 11.0. The molecule has 146 valence electrons. The Morgan fingerprint density at radius 2 is 1.67 bits per heavy atom. The van der Waals surface area contributed by atoms with Crippen molar-refractivity contribution in [1.29, 1.82) is 0 Å². The van der Waals surface area contributed by atoms with Crippen LogP contribution in [0.2, 0.25) is 0 Å². The first-order chi connectivity index (χ1) is 12.8. The van der Waals surface area contributed by atoms with Crippen molar-refractivity contribution in [3.63, 3.8) is 0 Å². The minimum atomic E-state index is -0.353. The van der Waals surface area contributed by atoms with Crippen molar-refractivity contribution < 1.29 is 14.3 Å². The van der Waals surface area contributed by atoms with Crippen molar-refractivity contribution in [1.82, 2.24) is 4.98 Å². The molecule has 0 aliphatic heterocycles. The van der Waals surface area contributed by atoms with Gasteiger partial charge in [-0.25, -0.2) is 9.78 Å². The molecule has 0 spiro atoms. The molecule has 0 aliphatic rings. The molecular weight excluding hydrogens is 340 g/mol. The van der Waals surface area contributed by atoms with Gasteiger partial charge in [-0.3, -0.25) is 0 Å². The highest BCUT2D eigenvalue weighted by Crippen LogP contribution is 2.34. The molecule has 2 rings (SSSR count). The van der Waals surface area contributed by atoms with E-state index in [4.69, 9.17) is 9.47 Å². The fraction of sp³-hybridized carbons (Fsp3) is 0.455. The first kappa shape index (κ1) is 20.7. The number of pyridine rings is 1. The number of ether oxygens (including phenoxy) is 2. The normalized spacial score (nSPS) is 10.8. The Bertz CT molecular complexity index is 804. The largest absolute Gasteiger partial charge is 0.465 e. The van der Waals surface area contributed by atoms with E-state index in [1.807, 2.05) is 27.7 Å². The van der Waals surface area contributed by atoms with Gasteiger partial charge in [-0.15, -0.1) is 0 Å². The summed E-state index contributed by atoms with van der Waals surface area (Å²) in [7, 11) is 1.38. The number of methoxy groups -OCH3 is 1. The van der Waals surface area contributed by atoms with E-state index in [0.29, 0.717) is 17.5 Å². The summed E-state index contributed by atoms with van der Waals surface area (Å²) in [6.45, 7) is 12.2. The van der Waals surface area contributed by atoms with Crippen LogP contribution in [0.15, 0.2) is 18.2 Å². The van der Waals surface area contributed by atoms with E-state index in [2.05, 4.69) is 30.2 Å². The van der Waals surface area contributed by atoms with E-state index in [-0.39, 0.29) is 5.97 Å². The Morgan fingerprint density at radius 3 is 2.19 bits per heavy atom. The molecule has 0 atom stereocenters. The van der Waals surface area contributed by atoms with Crippen LogP contribution < -0.4 is 10.1 Å². The maximum absolute atomic E-state index is 11.8. The van der Waals surface area contributed by atoms with Gasteiger partial charge in [0.1, 0.15) is 5.75 Å². The minimum Gasteiger partial charge on any atom is -0.465 e. The summed E-state index contributed by atoms with van der Waals surface area (Å²) in [6, 6.07) is 6.03. The summed E-state index contributed by atoms with van der Waals surface area (Å²) in [4.78, 5) is 16.4. The number of aromatic nitrogens is 1. The van der Waals surface area contributed by atoms with Gasteiger partial charge in [-0.2, -0.15) is 0 Å². The van der Waals surface area contributed by atoms with Crippen LogP contribution >= 0.6 is 0 Å². The van der Waals surface area contributed by atoms with Crippen LogP contribution in [0, 0.1) is 27.7 Å². The number of hydrogen-bond donors (Lipinski definition) is 1. The lowest BCUT2D eigenvalue weighted by Gasteiger charge is -2.21. The maximum Gasteiger partial charge on any atom is 0.337 e. The number of carbonyl (C=O) groups excluding carboxylic acids is 1. The highest BCUT2D eigenvalue weighted by Gasteiger charge is 2.16. The molecule has 5 nitrogen and oxygen atoms in total. The predicted molar refractivity (Wildman–Crippen MR) is 109 cm³/mol. The van der Waals surface area contributed by atoms with E-state index < -0.39 is 0 Å². The molecule has 0 bridgehead atoms. The Labute approximate surface area is 162 Å². The molecule has 5 heteroatoms. The first-order valence-electron chi connectivity index (χ1n) is 9.42. The first-order valence-corrected chi connectivity index (χ1v) is 9.42. The summed E-state index contributed by atoms with van der Waals surface area (Å²) in [5.41, 5.74) is 5.17. The molecule has 0 saturated heterocycles. The van der Waals surface area contributed by atoms with E-state index in [0.717, 1.165) is 46.7 Å². The number of anilines is 1. The van der Waals surface area contributed by atoms with Gasteiger partial charge in [0.2, 0.25) is 5.88 Å². The second-order valence-corrected chi connectivity index (χ2v) is 6.93. The molecule has 0 fully saturated rings. The van der Waals surface area contributed by atoms with Crippen LogP contribution in [0.4, 0.5) is 5.69 Å². The van der Waals surface area contributed by atoms with Gasteiger partial charge in [0.25, 0.3) is 0 Å². The molecule has 0 aliphatic carbocycles. The third-order valence-electron chi connectivity index (χ3n) is 4.78. The number of hydrogen-bond acceptors (Lipinski definition) is 5. The van der Waals surface area contributed by atoms with Crippen molar-refractivity contribution >= 4 is 11.7 Å². The number of nitrogens with one attached hydrogen (secondary N) is 1. The maximum atomic E-state index is 11.8. The van der Waals surface area contributed by atoms with E-state index in [1.54, 1.807) is 12.1 Å². The third kappa shape index (κ3) is 4.79. The fourth-order valence-corrected chi connectivity index (χ4v) is 3.11. The van der Waals surface area contributed by atoms with Crippen LogP contribution in [0.5, 0.6) is 11.6 Å².